The zero-order chi connectivity index (χ0) is 23.8. The number of rotatable bonds is 2. The summed E-state index contributed by atoms with van der Waals surface area (Å²) in [5.41, 5.74) is -4.33. The summed E-state index contributed by atoms with van der Waals surface area (Å²) in [6.45, 7) is 14.0. The van der Waals surface area contributed by atoms with E-state index in [1.165, 1.54) is 6.07 Å². The van der Waals surface area contributed by atoms with Crippen molar-refractivity contribution < 1.29 is 32.3 Å². The van der Waals surface area contributed by atoms with Gasteiger partial charge < -0.3 is 9.64 Å². The van der Waals surface area contributed by atoms with Crippen LogP contribution in [-0.2, 0) is 25.3 Å². The van der Waals surface area contributed by atoms with E-state index < -0.39 is 52.3 Å². The number of morpholine rings is 1. The molecule has 0 aromatic heterocycles. The maximum Gasteiger partial charge on any atom is 0.407 e. The van der Waals surface area contributed by atoms with Crippen molar-refractivity contribution in [2.24, 2.45) is 17.8 Å². The van der Waals surface area contributed by atoms with E-state index in [-0.39, 0.29) is 30.6 Å². The van der Waals surface area contributed by atoms with Gasteiger partial charge in [0.15, 0.2) is 5.69 Å². The van der Waals surface area contributed by atoms with Gasteiger partial charge in [-0.25, -0.2) is 9.74 Å². The molecule has 3 heterocycles. The summed E-state index contributed by atoms with van der Waals surface area (Å²) in [6, 6.07) is 2.80. The minimum absolute atomic E-state index is 0.109. The molecular weight excluding hydrogens is 427 g/mol. The number of likely N-dealkylation sites (tertiary alicyclic amines) is 1. The van der Waals surface area contributed by atoms with Crippen LogP contribution < -0.4 is 4.90 Å². The lowest BCUT2D eigenvalue weighted by atomic mass is 9.79. The lowest BCUT2D eigenvalue weighted by Crippen LogP contribution is -2.60. The lowest BCUT2D eigenvalue weighted by molar-refractivity contribution is -0.180. The molecule has 10 heteroatoms. The highest BCUT2D eigenvalue weighted by Gasteiger charge is 2.72. The number of hydrogen-bond acceptors (Lipinski definition) is 4. The molecule has 0 N–H and O–H groups in total. The molecule has 3 aliphatic heterocycles. The van der Waals surface area contributed by atoms with Gasteiger partial charge in [0.05, 0.1) is 48.3 Å². The van der Waals surface area contributed by atoms with Crippen LogP contribution in [0.15, 0.2) is 18.2 Å². The van der Waals surface area contributed by atoms with Gasteiger partial charge in [0, 0.05) is 11.6 Å². The molecule has 170 valence electrons. The Morgan fingerprint density at radius 1 is 1.16 bits per heavy atom. The molecule has 4 rings (SSSR count). The Morgan fingerprint density at radius 2 is 1.69 bits per heavy atom. The minimum Gasteiger partial charge on any atom is -0.364 e. The average molecular weight is 449 g/mol. The van der Waals surface area contributed by atoms with Crippen LogP contribution in [0.4, 0.5) is 24.5 Å². The number of nitrogens with zero attached hydrogens (tertiary/aromatic N) is 3. The number of hydrogen-bond donors (Lipinski definition) is 0. The smallest absolute Gasteiger partial charge is 0.364 e. The van der Waals surface area contributed by atoms with Crippen molar-refractivity contribution in [3.8, 4) is 0 Å². The predicted molar refractivity (Wildman–Crippen MR) is 106 cm³/mol. The van der Waals surface area contributed by atoms with Crippen molar-refractivity contribution in [2.75, 3.05) is 18.0 Å². The van der Waals surface area contributed by atoms with E-state index in [0.717, 1.165) is 11.0 Å². The standard InChI is InChI=1S/C22H22F3N3O4/c1-11(2)17(29)27-9-20(3)15-16(21(4,10-27)32-20)19(31)28(18(15)30)12-6-7-14(26-5)13(8-12)22(23,24)25/h6-8,11,15-16H,9-10H2,1-4H3/t15-,16+,20-,21+. The van der Waals surface area contributed by atoms with Gasteiger partial charge in [-0.2, -0.15) is 13.2 Å². The average Bonchev–Trinajstić information content (AvgIpc) is 3.06. The van der Waals surface area contributed by atoms with Crippen LogP contribution >= 0.6 is 0 Å². The Bertz CT molecular complexity index is 1040. The molecule has 1 aromatic carbocycles. The number of benzene rings is 1. The highest BCUT2D eigenvalue weighted by Crippen LogP contribution is 2.56. The van der Waals surface area contributed by atoms with Crippen LogP contribution in [0.5, 0.6) is 0 Å². The maximum absolute atomic E-state index is 13.4. The zero-order valence-corrected chi connectivity index (χ0v) is 18.0. The van der Waals surface area contributed by atoms with Crippen molar-refractivity contribution in [3.63, 3.8) is 0 Å². The fourth-order valence-corrected chi connectivity index (χ4v) is 5.40. The second-order valence-corrected chi connectivity index (χ2v) is 9.35. The van der Waals surface area contributed by atoms with E-state index in [1.54, 1.807) is 32.6 Å². The number of imide groups is 1. The quantitative estimate of drug-likeness (QED) is 0.513. The molecule has 1 aromatic rings. The van der Waals surface area contributed by atoms with Crippen LogP contribution in [0.2, 0.25) is 0 Å². The number of fused-ring (bicyclic) bond motifs is 5. The monoisotopic (exact) mass is 449 g/mol. The summed E-state index contributed by atoms with van der Waals surface area (Å²) in [6.07, 6.45) is -4.81. The number of carbonyl (C=O) groups is 3. The van der Waals surface area contributed by atoms with E-state index in [0.29, 0.717) is 6.07 Å². The molecule has 0 aliphatic carbocycles. The third-order valence-electron chi connectivity index (χ3n) is 6.57. The van der Waals surface area contributed by atoms with Gasteiger partial charge >= 0.3 is 6.18 Å². The first kappa shape index (κ1) is 22.3. The largest absolute Gasteiger partial charge is 0.407 e. The van der Waals surface area contributed by atoms with Crippen molar-refractivity contribution in [2.45, 2.75) is 45.1 Å². The summed E-state index contributed by atoms with van der Waals surface area (Å²) in [5, 5.41) is 0. The summed E-state index contributed by atoms with van der Waals surface area (Å²) >= 11 is 0. The Hall–Kier alpha value is -2.93. The van der Waals surface area contributed by atoms with Gasteiger partial charge in [-0.05, 0) is 26.0 Å². The molecule has 0 radical (unpaired) electrons. The van der Waals surface area contributed by atoms with Gasteiger partial charge in [0.1, 0.15) is 0 Å². The highest BCUT2D eigenvalue weighted by atomic mass is 19.4. The number of alkyl halides is 3. The zero-order valence-electron chi connectivity index (χ0n) is 18.0. The van der Waals surface area contributed by atoms with Gasteiger partial charge in [-0.3, -0.25) is 14.4 Å². The second-order valence-electron chi connectivity index (χ2n) is 9.35. The molecule has 3 aliphatic rings. The molecule has 3 amide bonds. The Labute approximate surface area is 182 Å². The predicted octanol–water partition coefficient (Wildman–Crippen LogP) is 3.41. The Kier molecular flexibility index (Phi) is 4.72. The van der Waals surface area contributed by atoms with Crippen LogP contribution in [-0.4, -0.2) is 46.9 Å². The first-order valence-corrected chi connectivity index (χ1v) is 10.2. The Morgan fingerprint density at radius 3 is 2.12 bits per heavy atom. The molecule has 0 saturated carbocycles. The van der Waals surface area contributed by atoms with Crippen LogP contribution in [0.3, 0.4) is 0 Å². The third kappa shape index (κ3) is 3.02. The fourth-order valence-electron chi connectivity index (χ4n) is 5.40. The molecule has 32 heavy (non-hydrogen) atoms. The van der Waals surface area contributed by atoms with E-state index in [1.807, 2.05) is 0 Å². The lowest BCUT2D eigenvalue weighted by Gasteiger charge is -2.45. The number of carbonyl (C=O) groups excluding carboxylic acids is 3. The number of ether oxygens (including phenoxy) is 1. The third-order valence-corrected chi connectivity index (χ3v) is 6.57. The molecule has 4 atom stereocenters. The molecule has 0 spiro atoms. The van der Waals surface area contributed by atoms with Crippen molar-refractivity contribution in [1.82, 2.24) is 4.90 Å². The summed E-state index contributed by atoms with van der Waals surface area (Å²) in [7, 11) is 0. The molecule has 7 nitrogen and oxygen atoms in total. The maximum atomic E-state index is 13.4. The van der Waals surface area contributed by atoms with Crippen molar-refractivity contribution >= 4 is 29.1 Å². The second kappa shape index (κ2) is 6.78. The molecule has 3 saturated heterocycles. The van der Waals surface area contributed by atoms with Gasteiger partial charge in [-0.1, -0.05) is 19.9 Å². The van der Waals surface area contributed by atoms with Crippen LogP contribution in [0.1, 0.15) is 33.3 Å². The molecule has 0 unspecified atom stereocenters. The molecule has 3 fully saturated rings. The summed E-state index contributed by atoms with van der Waals surface area (Å²) < 4.78 is 46.5. The van der Waals surface area contributed by atoms with Gasteiger partial charge in [-0.15, -0.1) is 0 Å². The van der Waals surface area contributed by atoms with E-state index in [4.69, 9.17) is 11.3 Å². The number of anilines is 1. The van der Waals surface area contributed by atoms with Crippen LogP contribution in [0.25, 0.3) is 4.85 Å². The number of amides is 3. The van der Waals surface area contributed by atoms with Gasteiger partial charge in [0.2, 0.25) is 17.7 Å². The SMILES string of the molecule is [C-]#[N+]c1ccc(N2C(=O)[C@@H]3[C@H](C2=O)[C@@]2(C)CN(C(=O)C(C)C)C[C@]3(C)O2)cc1C(F)(F)F. The topological polar surface area (TPSA) is 71.3 Å². The highest BCUT2D eigenvalue weighted by molar-refractivity contribution is 6.23. The molecular formula is C22H22F3N3O4. The van der Waals surface area contributed by atoms with Crippen molar-refractivity contribution in [1.29, 1.82) is 0 Å². The van der Waals surface area contributed by atoms with E-state index in [9.17, 15) is 27.6 Å². The van der Waals surface area contributed by atoms with Crippen molar-refractivity contribution in [3.05, 3.63) is 35.2 Å². The molecule has 2 bridgehead atoms. The Balaban J connectivity index is 1.75. The summed E-state index contributed by atoms with van der Waals surface area (Å²) in [5.74, 6) is -3.57. The normalized spacial score (nSPS) is 31.8. The minimum atomic E-state index is -4.81. The number of halogens is 3. The summed E-state index contributed by atoms with van der Waals surface area (Å²) in [4.78, 5) is 44.7. The first-order chi connectivity index (χ1) is 14.7. The van der Waals surface area contributed by atoms with Crippen LogP contribution in [0, 0.1) is 24.3 Å². The fraction of sp³-hybridized carbons (Fsp3) is 0.545. The van der Waals surface area contributed by atoms with E-state index >= 15 is 0 Å². The van der Waals surface area contributed by atoms with E-state index in [2.05, 4.69) is 4.85 Å². The first-order valence-electron chi connectivity index (χ1n) is 10.2. The van der Waals surface area contributed by atoms with Gasteiger partial charge in [0.25, 0.3) is 0 Å².